The lowest BCUT2D eigenvalue weighted by Gasteiger charge is -2.32. The first-order chi connectivity index (χ1) is 23.6. The number of nitrogens with zero attached hydrogens (tertiary/aromatic N) is 3. The van der Waals surface area contributed by atoms with Crippen molar-refractivity contribution in [2.45, 2.75) is 51.7 Å². The smallest absolute Gasteiger partial charge is 0.256 e. The van der Waals surface area contributed by atoms with Crippen LogP contribution in [0.5, 0.6) is 0 Å². The largest absolute Gasteiger partial charge is 0.383 e. The van der Waals surface area contributed by atoms with E-state index in [0.717, 1.165) is 11.1 Å². The van der Waals surface area contributed by atoms with Gasteiger partial charge in [0.15, 0.2) is 0 Å². The standard InChI is InChI=1S/C36H47FN6O6.ClH/c1-23(2)33(38)34(45)40-21-31(44)39-20-24-7-8-29(37)27(19-24)25-9-11-41(12-10-25)36(47)28-22-43(13-16-48-3)30-6-4-5-26(32(28)30)35(46)42-14-17-49-18-15-42;/h4-8,19,22-23,25,33H,9-18,20-21,38H2,1-3H3,(H,39,44)(H,40,45);1H. The summed E-state index contributed by atoms with van der Waals surface area (Å²) in [6.45, 7) is 7.38. The number of methoxy groups -OCH3 is 1. The lowest BCUT2D eigenvalue weighted by molar-refractivity contribution is -0.127. The van der Waals surface area contributed by atoms with E-state index in [2.05, 4.69) is 10.6 Å². The maximum atomic E-state index is 15.1. The molecule has 3 aromatic rings. The number of nitrogens with two attached hydrogens (primary N) is 1. The van der Waals surface area contributed by atoms with Gasteiger partial charge in [-0.15, -0.1) is 12.4 Å². The molecule has 2 aliphatic rings. The van der Waals surface area contributed by atoms with Crippen LogP contribution in [-0.2, 0) is 32.2 Å². The quantitative estimate of drug-likeness (QED) is 0.261. The first-order valence-corrected chi connectivity index (χ1v) is 16.9. The first-order valence-electron chi connectivity index (χ1n) is 16.9. The molecule has 2 fully saturated rings. The Morgan fingerprint density at radius 3 is 2.34 bits per heavy atom. The van der Waals surface area contributed by atoms with Crippen molar-refractivity contribution in [3.8, 4) is 0 Å². The van der Waals surface area contributed by atoms with Gasteiger partial charge in [-0.25, -0.2) is 4.39 Å². The molecule has 14 heteroatoms. The Hall–Kier alpha value is -4.04. The van der Waals surface area contributed by atoms with Crippen molar-refractivity contribution >= 4 is 46.9 Å². The molecule has 272 valence electrons. The molecule has 0 spiro atoms. The van der Waals surface area contributed by atoms with Crippen molar-refractivity contribution in [1.82, 2.24) is 25.0 Å². The first kappa shape index (κ1) is 38.8. The summed E-state index contributed by atoms with van der Waals surface area (Å²) >= 11 is 0. The number of rotatable bonds is 12. The summed E-state index contributed by atoms with van der Waals surface area (Å²) in [7, 11) is 1.62. The molecule has 4 N–H and O–H groups in total. The number of carbonyl (C=O) groups is 4. The van der Waals surface area contributed by atoms with Crippen LogP contribution in [0.2, 0.25) is 0 Å². The average Bonchev–Trinajstić information content (AvgIpc) is 3.50. The zero-order valence-electron chi connectivity index (χ0n) is 28.9. The van der Waals surface area contributed by atoms with E-state index in [1.807, 2.05) is 36.7 Å². The number of ether oxygens (including phenoxy) is 2. The summed E-state index contributed by atoms with van der Waals surface area (Å²) < 4.78 is 27.8. The second-order valence-electron chi connectivity index (χ2n) is 13.0. The van der Waals surface area contributed by atoms with Crippen molar-refractivity contribution < 1.29 is 33.0 Å². The number of amides is 4. The van der Waals surface area contributed by atoms with Crippen LogP contribution in [0, 0.1) is 11.7 Å². The van der Waals surface area contributed by atoms with Crippen LogP contribution < -0.4 is 16.4 Å². The lowest BCUT2D eigenvalue weighted by Crippen LogP contribution is -2.47. The monoisotopic (exact) mass is 714 g/mol. The molecule has 1 atom stereocenters. The van der Waals surface area contributed by atoms with E-state index in [1.165, 1.54) is 6.07 Å². The third kappa shape index (κ3) is 9.00. The van der Waals surface area contributed by atoms with Gasteiger partial charge in [-0.1, -0.05) is 32.0 Å². The molecule has 2 aromatic carbocycles. The molecule has 0 radical (unpaired) electrons. The molecule has 2 aliphatic heterocycles. The van der Waals surface area contributed by atoms with Gasteiger partial charge < -0.3 is 40.2 Å². The van der Waals surface area contributed by atoms with Gasteiger partial charge in [-0.3, -0.25) is 19.2 Å². The SMILES string of the molecule is COCCn1cc(C(=O)N2CCC(c3cc(CNC(=O)CNC(=O)C(N)C(C)C)ccc3F)CC2)c2c(C(=O)N3CCOCC3)cccc21.Cl. The fourth-order valence-corrected chi connectivity index (χ4v) is 6.44. The van der Waals surface area contributed by atoms with Crippen molar-refractivity contribution in [2.75, 3.05) is 59.7 Å². The molecule has 12 nitrogen and oxygen atoms in total. The van der Waals surface area contributed by atoms with Gasteiger partial charge in [0, 0.05) is 69.0 Å². The van der Waals surface area contributed by atoms with Crippen molar-refractivity contribution in [3.63, 3.8) is 0 Å². The molecule has 4 amide bonds. The highest BCUT2D eigenvalue weighted by Crippen LogP contribution is 2.33. The molecule has 50 heavy (non-hydrogen) atoms. The Morgan fingerprint density at radius 2 is 1.66 bits per heavy atom. The van der Waals surface area contributed by atoms with Crippen LogP contribution in [-0.4, -0.2) is 104 Å². The number of morpholine rings is 1. The van der Waals surface area contributed by atoms with Crippen molar-refractivity contribution in [1.29, 1.82) is 0 Å². The normalized spacial score (nSPS) is 15.9. The van der Waals surface area contributed by atoms with Crippen LogP contribution in [0.15, 0.2) is 42.6 Å². The minimum absolute atomic E-state index is 0. The van der Waals surface area contributed by atoms with Crippen LogP contribution in [0.3, 0.4) is 0 Å². The number of halogens is 2. The maximum Gasteiger partial charge on any atom is 0.256 e. The van der Waals surface area contributed by atoms with Gasteiger partial charge in [0.2, 0.25) is 11.8 Å². The fourth-order valence-electron chi connectivity index (χ4n) is 6.44. The van der Waals surface area contributed by atoms with Gasteiger partial charge in [0.1, 0.15) is 5.82 Å². The van der Waals surface area contributed by atoms with Gasteiger partial charge in [0.05, 0.1) is 38.0 Å². The fraction of sp³-hybridized carbons (Fsp3) is 0.500. The third-order valence-electron chi connectivity index (χ3n) is 9.42. The van der Waals surface area contributed by atoms with Gasteiger partial charge >= 0.3 is 0 Å². The second kappa shape index (κ2) is 17.8. The Bertz CT molecular complexity index is 1670. The number of piperidine rings is 1. The van der Waals surface area contributed by atoms with Crippen LogP contribution in [0.1, 0.15) is 64.4 Å². The van der Waals surface area contributed by atoms with Crippen LogP contribution in [0.25, 0.3) is 10.9 Å². The number of aromatic nitrogens is 1. The predicted molar refractivity (Wildman–Crippen MR) is 190 cm³/mol. The summed E-state index contributed by atoms with van der Waals surface area (Å²) in [4.78, 5) is 55.7. The van der Waals surface area contributed by atoms with E-state index >= 15 is 4.39 Å². The van der Waals surface area contributed by atoms with Crippen molar-refractivity contribution in [2.24, 2.45) is 11.7 Å². The minimum atomic E-state index is -0.697. The van der Waals surface area contributed by atoms with Gasteiger partial charge in [-0.2, -0.15) is 0 Å². The van der Waals surface area contributed by atoms with Crippen LogP contribution >= 0.6 is 12.4 Å². The lowest BCUT2D eigenvalue weighted by atomic mass is 9.88. The molecule has 0 aliphatic carbocycles. The van der Waals surface area contributed by atoms with E-state index in [4.69, 9.17) is 15.2 Å². The zero-order valence-corrected chi connectivity index (χ0v) is 29.7. The molecule has 3 heterocycles. The zero-order chi connectivity index (χ0) is 35.1. The Labute approximate surface area is 298 Å². The van der Waals surface area contributed by atoms with Gasteiger partial charge in [0.25, 0.3) is 11.8 Å². The van der Waals surface area contributed by atoms with E-state index in [9.17, 15) is 19.2 Å². The average molecular weight is 715 g/mol. The Balaban J connectivity index is 0.00000562. The predicted octanol–water partition coefficient (Wildman–Crippen LogP) is 3.06. The van der Waals surface area contributed by atoms with E-state index in [0.29, 0.717) is 87.5 Å². The molecule has 1 unspecified atom stereocenters. The number of hydrogen-bond donors (Lipinski definition) is 3. The van der Waals surface area contributed by atoms with E-state index in [1.54, 1.807) is 35.1 Å². The minimum Gasteiger partial charge on any atom is -0.383 e. The molecular formula is C36H48ClFN6O6. The highest BCUT2D eigenvalue weighted by Gasteiger charge is 2.30. The highest BCUT2D eigenvalue weighted by atomic mass is 35.5. The molecule has 5 rings (SSSR count). The molecule has 2 saturated heterocycles. The summed E-state index contributed by atoms with van der Waals surface area (Å²) in [5.74, 6) is -1.56. The number of likely N-dealkylation sites (tertiary alicyclic amines) is 1. The summed E-state index contributed by atoms with van der Waals surface area (Å²) in [5.41, 5.74) is 8.85. The van der Waals surface area contributed by atoms with Crippen LogP contribution in [0.4, 0.5) is 4.39 Å². The maximum absolute atomic E-state index is 15.1. The second-order valence-corrected chi connectivity index (χ2v) is 13.0. The Morgan fingerprint density at radius 1 is 0.980 bits per heavy atom. The van der Waals surface area contributed by atoms with E-state index < -0.39 is 11.9 Å². The van der Waals surface area contributed by atoms with E-state index in [-0.39, 0.29) is 60.9 Å². The molecular weight excluding hydrogens is 667 g/mol. The third-order valence-corrected chi connectivity index (χ3v) is 9.42. The number of benzene rings is 2. The number of fused-ring (bicyclic) bond motifs is 1. The van der Waals surface area contributed by atoms with Crippen molar-refractivity contribution in [3.05, 3.63) is 70.7 Å². The number of carbonyl (C=O) groups excluding carboxylic acids is 4. The topological polar surface area (TPSA) is 148 Å². The summed E-state index contributed by atoms with van der Waals surface area (Å²) in [6.07, 6.45) is 2.93. The summed E-state index contributed by atoms with van der Waals surface area (Å²) in [5, 5.41) is 5.93. The van der Waals surface area contributed by atoms with Gasteiger partial charge in [-0.05, 0) is 54.0 Å². The molecule has 0 bridgehead atoms. The highest BCUT2D eigenvalue weighted by molar-refractivity contribution is 6.15. The number of nitrogens with one attached hydrogen (secondary N) is 2. The molecule has 0 saturated carbocycles. The molecule has 1 aromatic heterocycles. The summed E-state index contributed by atoms with van der Waals surface area (Å²) in [6, 6.07) is 9.63. The number of hydrogen-bond acceptors (Lipinski definition) is 7. The Kier molecular flexibility index (Phi) is 13.8.